The third-order valence-electron chi connectivity index (χ3n) is 4.28. The average Bonchev–Trinajstić information content (AvgIpc) is 2.33. The number of carbonyl (C=O) groups excluding carboxylic acids is 1. The van der Waals surface area contributed by atoms with Gasteiger partial charge in [-0.3, -0.25) is 4.79 Å². The van der Waals surface area contributed by atoms with Crippen molar-refractivity contribution in [3.63, 3.8) is 0 Å². The Hall–Kier alpha value is -1.26. The van der Waals surface area contributed by atoms with E-state index in [1.807, 2.05) is 0 Å². The lowest BCUT2D eigenvalue weighted by Gasteiger charge is -2.39. The second kappa shape index (κ2) is 5.16. The minimum absolute atomic E-state index is 0.103. The molecule has 1 saturated heterocycles. The number of carboxylic acid groups (broad SMARTS) is 1. The number of carbonyl (C=O) groups is 2. The first-order chi connectivity index (χ1) is 8.50. The zero-order valence-electron chi connectivity index (χ0n) is 10.9. The van der Waals surface area contributed by atoms with Crippen LogP contribution in [0, 0.1) is 11.3 Å². The van der Waals surface area contributed by atoms with Gasteiger partial charge in [0.1, 0.15) is 0 Å². The molecule has 2 fully saturated rings. The Bertz CT molecular complexity index is 339. The van der Waals surface area contributed by atoms with Crippen molar-refractivity contribution in [3.05, 3.63) is 0 Å². The fourth-order valence-electron chi connectivity index (χ4n) is 2.72. The molecule has 102 valence electrons. The first-order valence-electron chi connectivity index (χ1n) is 6.76. The van der Waals surface area contributed by atoms with Crippen LogP contribution in [0.15, 0.2) is 0 Å². The third-order valence-corrected chi connectivity index (χ3v) is 4.28. The van der Waals surface area contributed by atoms with Gasteiger partial charge in [0, 0.05) is 19.6 Å². The van der Waals surface area contributed by atoms with E-state index < -0.39 is 11.9 Å². The Kier molecular flexibility index (Phi) is 3.78. The Morgan fingerprint density at radius 2 is 2.11 bits per heavy atom. The molecule has 1 saturated carbocycles. The second-order valence-electron chi connectivity index (χ2n) is 5.95. The van der Waals surface area contributed by atoms with E-state index in [0.29, 0.717) is 26.1 Å². The van der Waals surface area contributed by atoms with Crippen LogP contribution in [0.4, 0.5) is 4.79 Å². The molecular formula is C13H22N2O3. The number of nitrogens with zero attached hydrogens (tertiary/aromatic N) is 1. The van der Waals surface area contributed by atoms with E-state index in [1.54, 1.807) is 4.90 Å². The van der Waals surface area contributed by atoms with Gasteiger partial charge in [0.25, 0.3) is 0 Å². The van der Waals surface area contributed by atoms with Gasteiger partial charge in [-0.25, -0.2) is 4.79 Å². The number of nitrogens with one attached hydrogen (secondary N) is 1. The topological polar surface area (TPSA) is 69.6 Å². The predicted octanol–water partition coefficient (Wildman–Crippen LogP) is 1.68. The SMILES string of the molecule is CC1(CNC(=O)N2CCC[C@H](C(=O)O)C2)CCC1. The van der Waals surface area contributed by atoms with E-state index in [2.05, 4.69) is 12.2 Å². The van der Waals surface area contributed by atoms with E-state index in [4.69, 9.17) is 5.11 Å². The largest absolute Gasteiger partial charge is 0.481 e. The first kappa shape index (κ1) is 13.2. The van der Waals surface area contributed by atoms with Crippen LogP contribution in [-0.4, -0.2) is 41.6 Å². The molecule has 5 nitrogen and oxygen atoms in total. The molecule has 0 aromatic carbocycles. The number of aliphatic carboxylic acids is 1. The van der Waals surface area contributed by atoms with Gasteiger partial charge in [0.2, 0.25) is 0 Å². The molecule has 1 aliphatic heterocycles. The molecule has 1 heterocycles. The van der Waals surface area contributed by atoms with Gasteiger partial charge < -0.3 is 15.3 Å². The third kappa shape index (κ3) is 2.94. The van der Waals surface area contributed by atoms with Crippen molar-refractivity contribution in [1.82, 2.24) is 10.2 Å². The van der Waals surface area contributed by atoms with Gasteiger partial charge in [-0.05, 0) is 31.1 Å². The molecule has 2 aliphatic rings. The number of rotatable bonds is 3. The summed E-state index contributed by atoms with van der Waals surface area (Å²) in [4.78, 5) is 24.6. The number of amides is 2. The number of urea groups is 1. The summed E-state index contributed by atoms with van der Waals surface area (Å²) in [6, 6.07) is -0.103. The molecule has 1 atom stereocenters. The van der Waals surface area contributed by atoms with Crippen LogP contribution in [0.5, 0.6) is 0 Å². The fourth-order valence-corrected chi connectivity index (χ4v) is 2.72. The summed E-state index contributed by atoms with van der Waals surface area (Å²) in [5.74, 6) is -1.19. The minimum atomic E-state index is -0.793. The Labute approximate surface area is 108 Å². The van der Waals surface area contributed by atoms with Crippen molar-refractivity contribution >= 4 is 12.0 Å². The highest BCUT2D eigenvalue weighted by Gasteiger charge is 2.33. The van der Waals surface area contributed by atoms with Crippen molar-refractivity contribution in [1.29, 1.82) is 0 Å². The predicted molar refractivity (Wildman–Crippen MR) is 67.3 cm³/mol. The summed E-state index contributed by atoms with van der Waals surface area (Å²) in [7, 11) is 0. The van der Waals surface area contributed by atoms with Gasteiger partial charge in [-0.15, -0.1) is 0 Å². The molecule has 0 unspecified atom stereocenters. The number of carboxylic acids is 1. The van der Waals surface area contributed by atoms with Crippen molar-refractivity contribution in [2.24, 2.45) is 11.3 Å². The van der Waals surface area contributed by atoms with Crippen LogP contribution < -0.4 is 5.32 Å². The number of hydrogen-bond acceptors (Lipinski definition) is 2. The normalized spacial score (nSPS) is 26.3. The van der Waals surface area contributed by atoms with Crippen LogP contribution >= 0.6 is 0 Å². The summed E-state index contributed by atoms with van der Waals surface area (Å²) in [6.07, 6.45) is 5.05. The van der Waals surface area contributed by atoms with Gasteiger partial charge in [-0.2, -0.15) is 0 Å². The van der Waals surface area contributed by atoms with E-state index >= 15 is 0 Å². The monoisotopic (exact) mass is 254 g/mol. The fraction of sp³-hybridized carbons (Fsp3) is 0.846. The summed E-state index contributed by atoms with van der Waals surface area (Å²) in [6.45, 7) is 3.91. The molecule has 1 aliphatic carbocycles. The molecule has 0 aromatic heterocycles. The van der Waals surface area contributed by atoms with Gasteiger partial charge in [0.05, 0.1) is 5.92 Å². The number of hydrogen-bond donors (Lipinski definition) is 2. The average molecular weight is 254 g/mol. The minimum Gasteiger partial charge on any atom is -0.481 e. The Morgan fingerprint density at radius 3 is 2.67 bits per heavy atom. The second-order valence-corrected chi connectivity index (χ2v) is 5.95. The van der Waals surface area contributed by atoms with Crippen molar-refractivity contribution in [3.8, 4) is 0 Å². The summed E-state index contributed by atoms with van der Waals surface area (Å²) in [5.41, 5.74) is 0.262. The van der Waals surface area contributed by atoms with Gasteiger partial charge in [0.15, 0.2) is 0 Å². The lowest BCUT2D eigenvalue weighted by Crippen LogP contribution is -2.50. The quantitative estimate of drug-likeness (QED) is 0.805. The Balaban J connectivity index is 1.79. The number of piperidine rings is 1. The van der Waals surface area contributed by atoms with E-state index in [1.165, 1.54) is 19.3 Å². The molecule has 0 bridgehead atoms. The molecule has 2 rings (SSSR count). The maximum absolute atomic E-state index is 12.0. The summed E-state index contributed by atoms with van der Waals surface area (Å²) >= 11 is 0. The molecule has 0 aromatic rings. The van der Waals surface area contributed by atoms with Crippen LogP contribution in [0.25, 0.3) is 0 Å². The molecule has 2 N–H and O–H groups in total. The highest BCUT2D eigenvalue weighted by Crippen LogP contribution is 2.39. The van der Waals surface area contributed by atoms with Crippen LogP contribution in [0.3, 0.4) is 0 Å². The molecule has 5 heteroatoms. The zero-order valence-corrected chi connectivity index (χ0v) is 10.9. The summed E-state index contributed by atoms with van der Waals surface area (Å²) in [5, 5.41) is 11.9. The molecule has 18 heavy (non-hydrogen) atoms. The van der Waals surface area contributed by atoms with Gasteiger partial charge in [-0.1, -0.05) is 13.3 Å². The summed E-state index contributed by atoms with van der Waals surface area (Å²) < 4.78 is 0. The lowest BCUT2D eigenvalue weighted by molar-refractivity contribution is -0.143. The highest BCUT2D eigenvalue weighted by atomic mass is 16.4. The number of likely N-dealkylation sites (tertiary alicyclic amines) is 1. The molecule has 0 radical (unpaired) electrons. The maximum Gasteiger partial charge on any atom is 0.317 e. The molecule has 0 spiro atoms. The van der Waals surface area contributed by atoms with Crippen LogP contribution in [0.2, 0.25) is 0 Å². The standard InChI is InChI=1S/C13H22N2O3/c1-13(5-3-6-13)9-14-12(18)15-7-2-4-10(8-15)11(16)17/h10H,2-9H2,1H3,(H,14,18)(H,16,17)/t10-/m0/s1. The molecular weight excluding hydrogens is 232 g/mol. The smallest absolute Gasteiger partial charge is 0.317 e. The van der Waals surface area contributed by atoms with E-state index in [9.17, 15) is 9.59 Å². The Morgan fingerprint density at radius 1 is 1.39 bits per heavy atom. The zero-order chi connectivity index (χ0) is 13.2. The van der Waals surface area contributed by atoms with Crippen molar-refractivity contribution in [2.45, 2.75) is 39.0 Å². The molecule has 2 amide bonds. The van der Waals surface area contributed by atoms with E-state index in [0.717, 1.165) is 6.42 Å². The van der Waals surface area contributed by atoms with Crippen molar-refractivity contribution < 1.29 is 14.7 Å². The van der Waals surface area contributed by atoms with Gasteiger partial charge >= 0.3 is 12.0 Å². The first-order valence-corrected chi connectivity index (χ1v) is 6.76. The van der Waals surface area contributed by atoms with Crippen LogP contribution in [0.1, 0.15) is 39.0 Å². The lowest BCUT2D eigenvalue weighted by atomic mass is 9.70. The van der Waals surface area contributed by atoms with Crippen molar-refractivity contribution in [2.75, 3.05) is 19.6 Å². The highest BCUT2D eigenvalue weighted by molar-refractivity contribution is 5.76. The van der Waals surface area contributed by atoms with E-state index in [-0.39, 0.29) is 11.4 Å². The van der Waals surface area contributed by atoms with Crippen LogP contribution in [-0.2, 0) is 4.79 Å². The maximum atomic E-state index is 12.0.